The van der Waals surface area contributed by atoms with E-state index in [0.29, 0.717) is 6.54 Å². The van der Waals surface area contributed by atoms with E-state index < -0.39 is 17.9 Å². The molecule has 7 nitrogen and oxygen atoms in total. The largest absolute Gasteiger partial charge is 0.480 e. The molecule has 0 spiro atoms. The lowest BCUT2D eigenvalue weighted by atomic mass is 10.1. The van der Waals surface area contributed by atoms with Crippen LogP contribution in [0.15, 0.2) is 0 Å². The van der Waals surface area contributed by atoms with Crippen molar-refractivity contribution in [3.8, 4) is 0 Å². The molecule has 0 aliphatic rings. The first-order chi connectivity index (χ1) is 7.86. The van der Waals surface area contributed by atoms with Gasteiger partial charge in [-0.15, -0.1) is 0 Å². The summed E-state index contributed by atoms with van der Waals surface area (Å²) in [5, 5.41) is 11.2. The molecule has 0 fully saturated rings. The molecule has 0 aromatic rings. The van der Waals surface area contributed by atoms with Crippen molar-refractivity contribution in [1.82, 2.24) is 5.32 Å². The van der Waals surface area contributed by atoms with Crippen LogP contribution in [-0.4, -0.2) is 35.5 Å². The van der Waals surface area contributed by atoms with E-state index in [4.69, 9.17) is 16.6 Å². The summed E-state index contributed by atoms with van der Waals surface area (Å²) < 4.78 is 0. The third-order valence-electron chi connectivity index (χ3n) is 2.25. The van der Waals surface area contributed by atoms with Crippen molar-refractivity contribution in [3.05, 3.63) is 0 Å². The predicted molar refractivity (Wildman–Crippen MR) is 60.8 cm³/mol. The molecule has 17 heavy (non-hydrogen) atoms. The molecule has 0 bridgehead atoms. The topological polar surface area (TPSA) is 136 Å². The quantitative estimate of drug-likeness (QED) is 0.426. The molecule has 1 unspecified atom stereocenters. The summed E-state index contributed by atoms with van der Waals surface area (Å²) in [6.45, 7) is 2.14. The minimum Gasteiger partial charge on any atom is -0.480 e. The van der Waals surface area contributed by atoms with Gasteiger partial charge in [-0.2, -0.15) is 0 Å². The fraction of sp³-hybridized carbons (Fsp3) is 0.700. The highest BCUT2D eigenvalue weighted by atomic mass is 16.4. The fourth-order valence-electron chi connectivity index (χ4n) is 1.20. The second-order valence-electron chi connectivity index (χ2n) is 4.01. The molecule has 0 aliphatic heterocycles. The van der Waals surface area contributed by atoms with Gasteiger partial charge in [-0.1, -0.05) is 6.92 Å². The van der Waals surface area contributed by atoms with Gasteiger partial charge < -0.3 is 21.9 Å². The van der Waals surface area contributed by atoms with Gasteiger partial charge in [-0.25, -0.2) is 4.79 Å². The summed E-state index contributed by atoms with van der Waals surface area (Å²) in [6.07, 6.45) is 0.0773. The van der Waals surface area contributed by atoms with Crippen LogP contribution in [0.25, 0.3) is 0 Å². The zero-order chi connectivity index (χ0) is 13.4. The summed E-state index contributed by atoms with van der Waals surface area (Å²) in [4.78, 5) is 32.8. The molecule has 0 aromatic carbocycles. The molecule has 0 radical (unpaired) electrons. The van der Waals surface area contributed by atoms with Gasteiger partial charge in [0.15, 0.2) is 0 Å². The van der Waals surface area contributed by atoms with Crippen molar-refractivity contribution in [2.24, 2.45) is 17.4 Å². The van der Waals surface area contributed by atoms with Gasteiger partial charge in [0.2, 0.25) is 11.8 Å². The molecule has 0 saturated carbocycles. The Bertz CT molecular complexity index is 293. The Morgan fingerprint density at radius 2 is 1.94 bits per heavy atom. The number of aliphatic carboxylic acids is 1. The van der Waals surface area contributed by atoms with Crippen LogP contribution in [0.5, 0.6) is 0 Å². The van der Waals surface area contributed by atoms with Gasteiger partial charge in [0.25, 0.3) is 0 Å². The molecule has 7 heteroatoms. The highest BCUT2D eigenvalue weighted by Crippen LogP contribution is 2.02. The molecule has 2 amide bonds. The molecule has 0 rings (SSSR count). The number of nitrogens with two attached hydrogens (primary N) is 2. The maximum atomic E-state index is 11.4. The fourth-order valence-corrected chi connectivity index (χ4v) is 1.20. The lowest BCUT2D eigenvalue weighted by molar-refractivity contribution is -0.142. The molecule has 0 aromatic heterocycles. The SMILES string of the molecule is CC(CN)CC(=O)N[C@@H](CCC(N)=O)C(=O)O. The number of carbonyl (C=O) groups is 3. The van der Waals surface area contributed by atoms with Gasteiger partial charge in [0.05, 0.1) is 0 Å². The summed E-state index contributed by atoms with van der Waals surface area (Å²) in [5.74, 6) is -2.18. The number of carboxylic acids is 1. The van der Waals surface area contributed by atoms with Gasteiger partial charge in [0, 0.05) is 12.8 Å². The Morgan fingerprint density at radius 1 is 1.35 bits per heavy atom. The Kier molecular flexibility index (Phi) is 6.88. The first-order valence-electron chi connectivity index (χ1n) is 5.37. The second kappa shape index (κ2) is 7.61. The van der Waals surface area contributed by atoms with E-state index in [9.17, 15) is 14.4 Å². The van der Waals surface area contributed by atoms with Gasteiger partial charge in [-0.3, -0.25) is 9.59 Å². The van der Waals surface area contributed by atoms with Crippen molar-refractivity contribution in [3.63, 3.8) is 0 Å². The summed E-state index contributed by atoms with van der Waals surface area (Å²) in [5.41, 5.74) is 10.3. The third-order valence-corrected chi connectivity index (χ3v) is 2.25. The van der Waals surface area contributed by atoms with Crippen molar-refractivity contribution >= 4 is 17.8 Å². The minimum atomic E-state index is -1.18. The van der Waals surface area contributed by atoms with E-state index in [1.165, 1.54) is 0 Å². The molecule has 0 heterocycles. The number of carbonyl (C=O) groups excluding carboxylic acids is 2. The van der Waals surface area contributed by atoms with Crippen LogP contribution < -0.4 is 16.8 Å². The molecule has 0 aliphatic carbocycles. The smallest absolute Gasteiger partial charge is 0.326 e. The average Bonchev–Trinajstić information content (AvgIpc) is 2.23. The van der Waals surface area contributed by atoms with Crippen LogP contribution in [0.4, 0.5) is 0 Å². The van der Waals surface area contributed by atoms with Gasteiger partial charge >= 0.3 is 5.97 Å². The first-order valence-corrected chi connectivity index (χ1v) is 5.37. The van der Waals surface area contributed by atoms with Crippen molar-refractivity contribution in [2.75, 3.05) is 6.54 Å². The van der Waals surface area contributed by atoms with Crippen LogP contribution in [-0.2, 0) is 14.4 Å². The van der Waals surface area contributed by atoms with E-state index in [1.54, 1.807) is 6.92 Å². The maximum absolute atomic E-state index is 11.4. The van der Waals surface area contributed by atoms with Crippen LogP contribution >= 0.6 is 0 Å². The van der Waals surface area contributed by atoms with Crippen LogP contribution in [0.2, 0.25) is 0 Å². The average molecular weight is 245 g/mol. The highest BCUT2D eigenvalue weighted by molar-refractivity contribution is 5.84. The van der Waals surface area contributed by atoms with Crippen molar-refractivity contribution < 1.29 is 19.5 Å². The van der Waals surface area contributed by atoms with E-state index in [0.717, 1.165) is 0 Å². The highest BCUT2D eigenvalue weighted by Gasteiger charge is 2.21. The molecular formula is C10H19N3O4. The number of amides is 2. The molecule has 6 N–H and O–H groups in total. The molecular weight excluding hydrogens is 226 g/mol. The zero-order valence-corrected chi connectivity index (χ0v) is 9.81. The van der Waals surface area contributed by atoms with E-state index in [2.05, 4.69) is 5.32 Å². The Labute approximate surface area is 99.5 Å². The predicted octanol–water partition coefficient (Wildman–Crippen LogP) is -1.19. The van der Waals surface area contributed by atoms with Crippen molar-refractivity contribution in [2.45, 2.75) is 32.2 Å². The lowest BCUT2D eigenvalue weighted by Crippen LogP contribution is -2.42. The third kappa shape index (κ3) is 7.29. The standard InChI is InChI=1S/C10H19N3O4/c1-6(5-11)4-9(15)13-7(10(16)17)2-3-8(12)14/h6-7H,2-5,11H2,1H3,(H2,12,14)(H,13,15)(H,16,17)/t6?,7-/m0/s1. The number of rotatable bonds is 8. The molecule has 2 atom stereocenters. The Morgan fingerprint density at radius 3 is 2.35 bits per heavy atom. The van der Waals surface area contributed by atoms with E-state index >= 15 is 0 Å². The molecule has 98 valence electrons. The Hall–Kier alpha value is -1.63. The first kappa shape index (κ1) is 15.4. The van der Waals surface area contributed by atoms with E-state index in [1.807, 2.05) is 0 Å². The maximum Gasteiger partial charge on any atom is 0.326 e. The van der Waals surface area contributed by atoms with Crippen LogP contribution in [0.3, 0.4) is 0 Å². The Balaban J connectivity index is 4.20. The summed E-state index contributed by atoms with van der Waals surface area (Å²) in [6, 6.07) is -1.08. The number of nitrogens with one attached hydrogen (secondary N) is 1. The number of primary amides is 1. The van der Waals surface area contributed by atoms with Crippen LogP contribution in [0, 0.1) is 5.92 Å². The number of carboxylic acid groups (broad SMARTS) is 1. The van der Waals surface area contributed by atoms with Crippen LogP contribution in [0.1, 0.15) is 26.2 Å². The zero-order valence-electron chi connectivity index (χ0n) is 9.81. The minimum absolute atomic E-state index is 0.00654. The number of hydrogen-bond acceptors (Lipinski definition) is 4. The molecule has 0 saturated heterocycles. The van der Waals surface area contributed by atoms with Gasteiger partial charge in [0.1, 0.15) is 6.04 Å². The number of hydrogen-bond donors (Lipinski definition) is 4. The lowest BCUT2D eigenvalue weighted by Gasteiger charge is -2.15. The van der Waals surface area contributed by atoms with Crippen molar-refractivity contribution in [1.29, 1.82) is 0 Å². The van der Waals surface area contributed by atoms with E-state index in [-0.39, 0.29) is 31.1 Å². The summed E-state index contributed by atoms with van der Waals surface area (Å²) in [7, 11) is 0. The second-order valence-corrected chi connectivity index (χ2v) is 4.01. The normalized spacial score (nSPS) is 13.8. The summed E-state index contributed by atoms with van der Waals surface area (Å²) >= 11 is 0. The monoisotopic (exact) mass is 245 g/mol. The van der Waals surface area contributed by atoms with Gasteiger partial charge in [-0.05, 0) is 18.9 Å².